The summed E-state index contributed by atoms with van der Waals surface area (Å²) in [5, 5.41) is 0. The fourth-order valence-electron chi connectivity index (χ4n) is 2.48. The van der Waals surface area contributed by atoms with E-state index in [1.165, 1.54) is 12.8 Å². The maximum atomic E-state index is 12.4. The van der Waals surface area contributed by atoms with Crippen molar-refractivity contribution in [2.24, 2.45) is 0 Å². The molecule has 19 heavy (non-hydrogen) atoms. The van der Waals surface area contributed by atoms with Gasteiger partial charge in [-0.3, -0.25) is 4.79 Å². The zero-order chi connectivity index (χ0) is 13.7. The van der Waals surface area contributed by atoms with E-state index in [9.17, 15) is 4.79 Å². The molecule has 3 nitrogen and oxygen atoms in total. The van der Waals surface area contributed by atoms with E-state index in [1.807, 2.05) is 43.0 Å². The Bertz CT molecular complexity index is 423. The van der Waals surface area contributed by atoms with Crippen molar-refractivity contribution in [1.29, 1.82) is 0 Å². The summed E-state index contributed by atoms with van der Waals surface area (Å²) in [6.45, 7) is 5.60. The number of likely N-dealkylation sites (tertiary alicyclic amines) is 1. The Morgan fingerprint density at radius 1 is 1.16 bits per heavy atom. The minimum absolute atomic E-state index is 0.116. The van der Waals surface area contributed by atoms with Crippen LogP contribution in [0.15, 0.2) is 24.3 Å². The summed E-state index contributed by atoms with van der Waals surface area (Å²) in [5.74, 6) is 0.920. The van der Waals surface area contributed by atoms with Crippen LogP contribution in [0.4, 0.5) is 0 Å². The summed E-state index contributed by atoms with van der Waals surface area (Å²) in [6.07, 6.45) is 4.29. The Kier molecular flexibility index (Phi) is 4.83. The molecule has 0 spiro atoms. The van der Waals surface area contributed by atoms with E-state index in [1.54, 1.807) is 0 Å². The van der Waals surface area contributed by atoms with Crippen molar-refractivity contribution in [2.75, 3.05) is 13.1 Å². The van der Waals surface area contributed by atoms with Crippen molar-refractivity contribution in [3.8, 4) is 5.75 Å². The number of benzene rings is 1. The van der Waals surface area contributed by atoms with E-state index < -0.39 is 6.10 Å². The van der Waals surface area contributed by atoms with Crippen LogP contribution in [0.5, 0.6) is 5.75 Å². The molecule has 0 unspecified atom stereocenters. The lowest BCUT2D eigenvalue weighted by atomic mass is 10.2. The average molecular weight is 261 g/mol. The lowest BCUT2D eigenvalue weighted by Gasteiger charge is -2.25. The molecule has 0 bridgehead atoms. The topological polar surface area (TPSA) is 29.5 Å². The van der Waals surface area contributed by atoms with Gasteiger partial charge in [0.1, 0.15) is 5.75 Å². The number of nitrogens with zero attached hydrogens (tertiary/aromatic N) is 1. The first kappa shape index (κ1) is 13.9. The predicted octanol–water partition coefficient (Wildman–Crippen LogP) is 3.16. The molecule has 0 radical (unpaired) electrons. The first-order valence-corrected chi connectivity index (χ1v) is 7.19. The highest BCUT2D eigenvalue weighted by atomic mass is 16.5. The van der Waals surface area contributed by atoms with Crippen molar-refractivity contribution in [3.05, 3.63) is 29.8 Å². The smallest absolute Gasteiger partial charge is 0.263 e. The molecule has 104 valence electrons. The minimum Gasteiger partial charge on any atom is -0.481 e. The van der Waals surface area contributed by atoms with E-state index in [-0.39, 0.29) is 5.91 Å². The van der Waals surface area contributed by atoms with E-state index in [2.05, 4.69) is 0 Å². The van der Waals surface area contributed by atoms with Gasteiger partial charge in [-0.2, -0.15) is 0 Å². The molecule has 1 aromatic carbocycles. The van der Waals surface area contributed by atoms with Crippen molar-refractivity contribution >= 4 is 5.91 Å². The number of para-hydroxylation sites is 1. The number of hydrogen-bond donors (Lipinski definition) is 0. The van der Waals surface area contributed by atoms with E-state index >= 15 is 0 Å². The molecule has 1 aromatic rings. The Labute approximate surface area is 115 Å². The molecule has 1 aliphatic rings. The van der Waals surface area contributed by atoms with Crippen LogP contribution in [0.25, 0.3) is 0 Å². The van der Waals surface area contributed by atoms with Gasteiger partial charge >= 0.3 is 0 Å². The van der Waals surface area contributed by atoms with E-state index in [0.717, 1.165) is 37.2 Å². The molecule has 0 aliphatic carbocycles. The molecule has 1 aliphatic heterocycles. The number of carbonyl (C=O) groups excluding carboxylic acids is 1. The third-order valence-electron chi connectivity index (χ3n) is 3.66. The fourth-order valence-corrected chi connectivity index (χ4v) is 2.48. The summed E-state index contributed by atoms with van der Waals surface area (Å²) < 4.78 is 5.81. The van der Waals surface area contributed by atoms with Crippen molar-refractivity contribution in [2.45, 2.75) is 45.6 Å². The Balaban J connectivity index is 1.97. The van der Waals surface area contributed by atoms with Crippen LogP contribution in [0.1, 0.15) is 38.2 Å². The Morgan fingerprint density at radius 3 is 2.42 bits per heavy atom. The normalized spacial score (nSPS) is 17.7. The Hall–Kier alpha value is -1.51. The van der Waals surface area contributed by atoms with Gasteiger partial charge in [0.2, 0.25) is 0 Å². The van der Waals surface area contributed by atoms with Gasteiger partial charge in [0.05, 0.1) is 0 Å². The number of amides is 1. The minimum atomic E-state index is -0.404. The number of aryl methyl sites for hydroxylation is 1. The summed E-state index contributed by atoms with van der Waals surface area (Å²) >= 11 is 0. The molecule has 1 saturated heterocycles. The van der Waals surface area contributed by atoms with Crippen molar-refractivity contribution in [1.82, 2.24) is 4.90 Å². The molecular weight excluding hydrogens is 238 g/mol. The second kappa shape index (κ2) is 6.60. The highest BCUT2D eigenvalue weighted by Gasteiger charge is 2.23. The van der Waals surface area contributed by atoms with Gasteiger partial charge in [-0.25, -0.2) is 0 Å². The summed E-state index contributed by atoms with van der Waals surface area (Å²) in [7, 11) is 0. The fraction of sp³-hybridized carbons (Fsp3) is 0.562. The monoisotopic (exact) mass is 261 g/mol. The van der Waals surface area contributed by atoms with Gasteiger partial charge in [-0.1, -0.05) is 31.0 Å². The highest BCUT2D eigenvalue weighted by Crippen LogP contribution is 2.19. The van der Waals surface area contributed by atoms with Crippen molar-refractivity contribution in [3.63, 3.8) is 0 Å². The summed E-state index contributed by atoms with van der Waals surface area (Å²) in [5.41, 5.74) is 1.07. The maximum absolute atomic E-state index is 12.4. The van der Waals surface area contributed by atoms with Crippen LogP contribution in [0.2, 0.25) is 0 Å². The molecule has 0 aromatic heterocycles. The van der Waals surface area contributed by atoms with Gasteiger partial charge < -0.3 is 9.64 Å². The van der Waals surface area contributed by atoms with Gasteiger partial charge in [0.25, 0.3) is 5.91 Å². The number of carbonyl (C=O) groups is 1. The molecule has 1 fully saturated rings. The number of ether oxygens (including phenoxy) is 1. The van der Waals surface area contributed by atoms with Gasteiger partial charge in [0, 0.05) is 13.1 Å². The lowest BCUT2D eigenvalue weighted by Crippen LogP contribution is -2.41. The van der Waals surface area contributed by atoms with Crippen LogP contribution < -0.4 is 4.74 Å². The average Bonchev–Trinajstić information content (AvgIpc) is 2.69. The third kappa shape index (κ3) is 3.72. The van der Waals surface area contributed by atoms with E-state index in [4.69, 9.17) is 4.74 Å². The molecule has 1 amide bonds. The summed E-state index contributed by atoms with van der Waals surface area (Å²) in [6, 6.07) is 7.83. The zero-order valence-corrected chi connectivity index (χ0v) is 11.9. The van der Waals surface area contributed by atoms with Crippen LogP contribution in [-0.2, 0) is 4.79 Å². The lowest BCUT2D eigenvalue weighted by molar-refractivity contribution is -0.137. The van der Waals surface area contributed by atoms with Crippen molar-refractivity contribution < 1.29 is 9.53 Å². The van der Waals surface area contributed by atoms with Gasteiger partial charge in [-0.15, -0.1) is 0 Å². The molecule has 3 heteroatoms. The molecule has 1 heterocycles. The van der Waals surface area contributed by atoms with E-state index in [0.29, 0.717) is 0 Å². The van der Waals surface area contributed by atoms with Crippen LogP contribution >= 0.6 is 0 Å². The molecule has 0 N–H and O–H groups in total. The first-order valence-electron chi connectivity index (χ1n) is 7.19. The quantitative estimate of drug-likeness (QED) is 0.836. The van der Waals surface area contributed by atoms with Crippen LogP contribution in [0.3, 0.4) is 0 Å². The van der Waals surface area contributed by atoms with Gasteiger partial charge in [-0.05, 0) is 38.3 Å². The molecule has 0 saturated carbocycles. The SMILES string of the molecule is Cc1ccccc1O[C@H](C)C(=O)N1CCCCCC1. The largest absolute Gasteiger partial charge is 0.481 e. The standard InChI is InChI=1S/C16H23NO2/c1-13-9-5-6-10-15(13)19-14(2)16(18)17-11-7-3-4-8-12-17/h5-6,9-10,14H,3-4,7-8,11-12H2,1-2H3/t14-/m1/s1. The molecule has 1 atom stereocenters. The number of hydrogen-bond acceptors (Lipinski definition) is 2. The van der Waals surface area contributed by atoms with Gasteiger partial charge in [0.15, 0.2) is 6.10 Å². The molecule has 2 rings (SSSR count). The maximum Gasteiger partial charge on any atom is 0.263 e. The second-order valence-electron chi connectivity index (χ2n) is 5.27. The second-order valence-corrected chi connectivity index (χ2v) is 5.27. The first-order chi connectivity index (χ1) is 9.18. The number of rotatable bonds is 3. The predicted molar refractivity (Wildman–Crippen MR) is 76.3 cm³/mol. The zero-order valence-electron chi connectivity index (χ0n) is 11.9. The highest BCUT2D eigenvalue weighted by molar-refractivity contribution is 5.81. The third-order valence-corrected chi connectivity index (χ3v) is 3.66. The Morgan fingerprint density at radius 2 is 1.79 bits per heavy atom. The molecular formula is C16H23NO2. The summed E-state index contributed by atoms with van der Waals surface area (Å²) in [4.78, 5) is 14.3. The van der Waals surface area contributed by atoms with Crippen LogP contribution in [-0.4, -0.2) is 30.0 Å². The van der Waals surface area contributed by atoms with Crippen LogP contribution in [0, 0.1) is 6.92 Å².